The second kappa shape index (κ2) is 6.28. The summed E-state index contributed by atoms with van der Waals surface area (Å²) < 4.78 is 5.26. The number of carbonyl (C=O) groups is 2. The lowest BCUT2D eigenvalue weighted by Gasteiger charge is -2.25. The monoisotopic (exact) mass is 294 g/mol. The molecule has 1 aromatic rings. The first-order valence-corrected chi connectivity index (χ1v) is 7.51. The fourth-order valence-electron chi connectivity index (χ4n) is 2.77. The van der Waals surface area contributed by atoms with Gasteiger partial charge in [-0.1, -0.05) is 24.9 Å². The van der Waals surface area contributed by atoms with Crippen LogP contribution in [0.1, 0.15) is 67.8 Å². The predicted octanol–water partition coefficient (Wildman–Crippen LogP) is 2.32. The number of rotatable bonds is 5. The minimum atomic E-state index is -1.28. The molecule has 2 rings (SSSR count). The van der Waals surface area contributed by atoms with Crippen molar-refractivity contribution in [2.75, 3.05) is 0 Å². The number of fused-ring (bicyclic) bond motifs is 1. The topological polar surface area (TPSA) is 92.4 Å². The highest BCUT2D eigenvalue weighted by Gasteiger charge is 2.36. The van der Waals surface area contributed by atoms with Crippen LogP contribution in [-0.2, 0) is 17.6 Å². The lowest BCUT2D eigenvalue weighted by atomic mass is 9.95. The zero-order valence-corrected chi connectivity index (χ0v) is 12.6. The quantitative estimate of drug-likeness (QED) is 0.813. The van der Waals surface area contributed by atoms with Crippen LogP contribution in [0.3, 0.4) is 0 Å². The molecule has 1 heterocycles. The number of nitrogens with zero attached hydrogens (tertiary/aromatic N) is 1. The molecule has 1 unspecified atom stereocenters. The van der Waals surface area contributed by atoms with Crippen LogP contribution in [0.25, 0.3) is 0 Å². The van der Waals surface area contributed by atoms with E-state index in [1.807, 2.05) is 6.92 Å². The molecule has 0 radical (unpaired) electrons. The van der Waals surface area contributed by atoms with E-state index in [1.165, 1.54) is 6.92 Å². The highest BCUT2D eigenvalue weighted by atomic mass is 16.5. The van der Waals surface area contributed by atoms with Crippen molar-refractivity contribution in [2.24, 2.45) is 0 Å². The van der Waals surface area contributed by atoms with Crippen LogP contribution >= 0.6 is 0 Å². The second-order valence-corrected chi connectivity index (χ2v) is 5.83. The number of carboxylic acid groups (broad SMARTS) is 1. The summed E-state index contributed by atoms with van der Waals surface area (Å²) in [7, 11) is 0. The van der Waals surface area contributed by atoms with E-state index in [2.05, 4.69) is 10.5 Å². The molecule has 0 fully saturated rings. The molecule has 0 spiro atoms. The van der Waals surface area contributed by atoms with Crippen molar-refractivity contribution < 1.29 is 19.2 Å². The van der Waals surface area contributed by atoms with Crippen LogP contribution in [-0.4, -0.2) is 27.7 Å². The van der Waals surface area contributed by atoms with E-state index >= 15 is 0 Å². The number of carbonyl (C=O) groups excluding carboxylic acids is 1. The van der Waals surface area contributed by atoms with Crippen LogP contribution in [0, 0.1) is 0 Å². The molecule has 116 valence electrons. The van der Waals surface area contributed by atoms with Crippen LogP contribution in [0.5, 0.6) is 0 Å². The van der Waals surface area contributed by atoms with Gasteiger partial charge in [0, 0.05) is 12.0 Å². The maximum Gasteiger partial charge on any atom is 0.329 e. The zero-order chi connectivity index (χ0) is 15.5. The maximum atomic E-state index is 12.4. The Hall–Kier alpha value is -1.85. The Bertz CT molecular complexity index is 538. The molecule has 21 heavy (non-hydrogen) atoms. The van der Waals surface area contributed by atoms with Crippen LogP contribution < -0.4 is 5.32 Å². The molecular weight excluding hydrogens is 272 g/mol. The Morgan fingerprint density at radius 2 is 2.05 bits per heavy atom. The summed E-state index contributed by atoms with van der Waals surface area (Å²) in [5.74, 6) is -0.724. The minimum absolute atomic E-state index is 0.246. The maximum absolute atomic E-state index is 12.4. The second-order valence-electron chi connectivity index (χ2n) is 5.83. The molecule has 1 aliphatic carbocycles. The van der Waals surface area contributed by atoms with Crippen molar-refractivity contribution in [2.45, 2.75) is 64.3 Å². The van der Waals surface area contributed by atoms with Crippen LogP contribution in [0.2, 0.25) is 0 Å². The Balaban J connectivity index is 2.20. The van der Waals surface area contributed by atoms with Crippen molar-refractivity contribution >= 4 is 11.9 Å². The average molecular weight is 294 g/mol. The van der Waals surface area contributed by atoms with Gasteiger partial charge in [0.25, 0.3) is 5.91 Å². The Labute approximate surface area is 123 Å². The van der Waals surface area contributed by atoms with Gasteiger partial charge < -0.3 is 14.9 Å². The summed E-state index contributed by atoms with van der Waals surface area (Å²) in [6.07, 6.45) is 5.73. The fraction of sp³-hybridized carbons (Fsp3) is 0.667. The molecule has 6 heteroatoms. The van der Waals surface area contributed by atoms with E-state index in [4.69, 9.17) is 4.52 Å². The third kappa shape index (κ3) is 3.25. The lowest BCUT2D eigenvalue weighted by Crippen LogP contribution is -2.52. The van der Waals surface area contributed by atoms with Crippen LogP contribution in [0.4, 0.5) is 0 Å². The highest BCUT2D eigenvalue weighted by Crippen LogP contribution is 2.24. The number of nitrogens with one attached hydrogen (secondary N) is 1. The van der Waals surface area contributed by atoms with Crippen molar-refractivity contribution in [3.8, 4) is 0 Å². The van der Waals surface area contributed by atoms with E-state index in [9.17, 15) is 14.7 Å². The number of hydrogen-bond acceptors (Lipinski definition) is 4. The summed E-state index contributed by atoms with van der Waals surface area (Å²) >= 11 is 0. The predicted molar refractivity (Wildman–Crippen MR) is 76.2 cm³/mol. The summed E-state index contributed by atoms with van der Waals surface area (Å²) in [5, 5.41) is 15.8. The van der Waals surface area contributed by atoms with Gasteiger partial charge >= 0.3 is 5.97 Å². The van der Waals surface area contributed by atoms with E-state index in [0.29, 0.717) is 12.8 Å². The van der Waals surface area contributed by atoms with Crippen LogP contribution in [0.15, 0.2) is 4.52 Å². The molecule has 6 nitrogen and oxygen atoms in total. The zero-order valence-electron chi connectivity index (χ0n) is 12.6. The van der Waals surface area contributed by atoms with Gasteiger partial charge in [-0.2, -0.15) is 0 Å². The smallest absolute Gasteiger partial charge is 0.329 e. The molecule has 0 saturated heterocycles. The molecule has 1 aromatic heterocycles. The van der Waals surface area contributed by atoms with Gasteiger partial charge in [-0.15, -0.1) is 0 Å². The largest absolute Gasteiger partial charge is 0.480 e. The van der Waals surface area contributed by atoms with Gasteiger partial charge in [0.15, 0.2) is 5.69 Å². The third-order valence-electron chi connectivity index (χ3n) is 4.03. The highest BCUT2D eigenvalue weighted by molar-refractivity contribution is 5.97. The first kappa shape index (κ1) is 15.5. The van der Waals surface area contributed by atoms with E-state index in [1.54, 1.807) is 0 Å². The molecular formula is C15H22N2O4. The van der Waals surface area contributed by atoms with Gasteiger partial charge in [-0.05, 0) is 32.6 Å². The Kier molecular flexibility index (Phi) is 4.65. The summed E-state index contributed by atoms with van der Waals surface area (Å²) in [6.45, 7) is 3.41. The van der Waals surface area contributed by atoms with Crippen molar-refractivity contribution in [1.29, 1.82) is 0 Å². The standard InChI is InChI=1S/C15H22N2O4/c1-3-9-15(2,14(19)20)16-13(18)12-10-7-5-4-6-8-11(10)21-17-12/h3-9H2,1-2H3,(H,16,18)(H,19,20). The van der Waals surface area contributed by atoms with Crippen molar-refractivity contribution in [3.63, 3.8) is 0 Å². The summed E-state index contributed by atoms with van der Waals surface area (Å²) in [5.41, 5.74) is -0.188. The molecule has 0 aromatic carbocycles. The van der Waals surface area contributed by atoms with Crippen molar-refractivity contribution in [1.82, 2.24) is 10.5 Å². The molecule has 0 saturated carbocycles. The van der Waals surface area contributed by atoms with E-state index in [-0.39, 0.29) is 5.69 Å². The minimum Gasteiger partial charge on any atom is -0.480 e. The summed E-state index contributed by atoms with van der Waals surface area (Å²) in [4.78, 5) is 23.8. The van der Waals surface area contributed by atoms with Gasteiger partial charge in [-0.25, -0.2) is 4.79 Å². The number of aryl methyl sites for hydroxylation is 1. The van der Waals surface area contributed by atoms with Gasteiger partial charge in [0.2, 0.25) is 0 Å². The van der Waals surface area contributed by atoms with Crippen molar-refractivity contribution in [3.05, 3.63) is 17.0 Å². The molecule has 0 bridgehead atoms. The van der Waals surface area contributed by atoms with Gasteiger partial charge in [0.05, 0.1) is 0 Å². The van der Waals surface area contributed by atoms with Gasteiger partial charge in [0.1, 0.15) is 11.3 Å². The SMILES string of the molecule is CCCC(C)(NC(=O)c1noc2c1CCCCC2)C(=O)O. The molecule has 1 atom stereocenters. The number of amides is 1. The molecule has 1 amide bonds. The molecule has 2 N–H and O–H groups in total. The number of carboxylic acids is 1. The number of aromatic nitrogens is 1. The molecule has 1 aliphatic rings. The average Bonchev–Trinajstić information content (AvgIpc) is 2.68. The van der Waals surface area contributed by atoms with E-state index in [0.717, 1.165) is 43.4 Å². The first-order valence-electron chi connectivity index (χ1n) is 7.51. The normalized spacial score (nSPS) is 17.4. The Morgan fingerprint density at radius 1 is 1.33 bits per heavy atom. The lowest BCUT2D eigenvalue weighted by molar-refractivity contribution is -0.144. The molecule has 0 aliphatic heterocycles. The fourth-order valence-corrected chi connectivity index (χ4v) is 2.77. The third-order valence-corrected chi connectivity index (χ3v) is 4.03. The van der Waals surface area contributed by atoms with Gasteiger partial charge in [-0.3, -0.25) is 4.79 Å². The number of hydrogen-bond donors (Lipinski definition) is 2. The first-order chi connectivity index (χ1) is 9.98. The summed E-state index contributed by atoms with van der Waals surface area (Å²) in [6, 6.07) is 0. The Morgan fingerprint density at radius 3 is 2.71 bits per heavy atom. The number of aliphatic carboxylic acids is 1. The van der Waals surface area contributed by atoms with E-state index < -0.39 is 17.4 Å².